The van der Waals surface area contributed by atoms with Crippen LogP contribution in [0.2, 0.25) is 0 Å². The van der Waals surface area contributed by atoms with Crippen LogP contribution in [0.25, 0.3) is 5.65 Å². The van der Waals surface area contributed by atoms with Crippen molar-refractivity contribution in [1.29, 1.82) is 0 Å². The van der Waals surface area contributed by atoms with Crippen molar-refractivity contribution < 1.29 is 9.53 Å². The van der Waals surface area contributed by atoms with Crippen molar-refractivity contribution in [3.8, 4) is 5.75 Å². The summed E-state index contributed by atoms with van der Waals surface area (Å²) in [5, 5.41) is 7.42. The van der Waals surface area contributed by atoms with Crippen molar-refractivity contribution in [3.05, 3.63) is 52.5 Å². The maximum Gasteiger partial charge on any atom is 0.224 e. The van der Waals surface area contributed by atoms with Crippen LogP contribution in [0, 0.1) is 27.7 Å². The van der Waals surface area contributed by atoms with Crippen LogP contribution in [0.3, 0.4) is 0 Å². The lowest BCUT2D eigenvalue weighted by atomic mass is 10.1. The molecule has 0 spiro atoms. The highest BCUT2D eigenvalue weighted by molar-refractivity contribution is 5.91. The summed E-state index contributed by atoms with van der Waals surface area (Å²) >= 11 is 0. The number of fused-ring (bicyclic) bond motifs is 1. The molecular formula is C20H24N4O2. The van der Waals surface area contributed by atoms with Crippen molar-refractivity contribution in [2.45, 2.75) is 40.5 Å². The lowest BCUT2D eigenvalue weighted by Crippen LogP contribution is -2.14. The first kappa shape index (κ1) is 17.9. The van der Waals surface area contributed by atoms with Crippen LogP contribution in [-0.4, -0.2) is 27.6 Å². The maximum absolute atomic E-state index is 12.4. The van der Waals surface area contributed by atoms with Crippen LogP contribution in [0.15, 0.2) is 24.3 Å². The van der Waals surface area contributed by atoms with E-state index in [1.54, 1.807) is 7.11 Å². The summed E-state index contributed by atoms with van der Waals surface area (Å²) in [5.41, 5.74) is 6.60. The van der Waals surface area contributed by atoms with Gasteiger partial charge in [-0.25, -0.2) is 9.50 Å². The van der Waals surface area contributed by atoms with Gasteiger partial charge < -0.3 is 10.1 Å². The summed E-state index contributed by atoms with van der Waals surface area (Å²) in [5.74, 6) is 0.785. The molecule has 2 aromatic heterocycles. The van der Waals surface area contributed by atoms with Crippen LogP contribution in [0.5, 0.6) is 5.75 Å². The lowest BCUT2D eigenvalue weighted by molar-refractivity contribution is -0.116. The molecule has 26 heavy (non-hydrogen) atoms. The minimum absolute atomic E-state index is 0.0230. The van der Waals surface area contributed by atoms with Gasteiger partial charge in [0.15, 0.2) is 5.65 Å². The third-order valence-electron chi connectivity index (χ3n) is 4.57. The van der Waals surface area contributed by atoms with Crippen molar-refractivity contribution in [2.24, 2.45) is 0 Å². The molecule has 0 radical (unpaired) electrons. The summed E-state index contributed by atoms with van der Waals surface area (Å²) < 4.78 is 7.10. The van der Waals surface area contributed by atoms with E-state index >= 15 is 0 Å². The molecule has 2 heterocycles. The number of amides is 1. The topological polar surface area (TPSA) is 68.5 Å². The maximum atomic E-state index is 12.4. The molecule has 6 nitrogen and oxygen atoms in total. The quantitative estimate of drug-likeness (QED) is 0.762. The number of ether oxygens (including phenoxy) is 1. The number of aryl methyl sites for hydroxylation is 4. The second-order valence-electron chi connectivity index (χ2n) is 6.55. The van der Waals surface area contributed by atoms with Gasteiger partial charge in [0.05, 0.1) is 12.8 Å². The molecule has 3 aromatic rings. The van der Waals surface area contributed by atoms with Gasteiger partial charge in [-0.15, -0.1) is 0 Å². The highest BCUT2D eigenvalue weighted by Crippen LogP contribution is 2.22. The van der Waals surface area contributed by atoms with Crippen LogP contribution in [0.1, 0.15) is 34.6 Å². The number of carbonyl (C=O) groups is 1. The number of hydrogen-bond donors (Lipinski definition) is 1. The standard InChI is InChI=1S/C20H24N4O2/c1-12-10-16(6-8-18(12)26-5)22-20(25)9-7-17-14(3)21-19-11-13(2)23-24(19)15(17)4/h6,8,10-11H,7,9H2,1-5H3,(H,22,25). The van der Waals surface area contributed by atoms with Crippen LogP contribution >= 0.6 is 0 Å². The molecule has 1 amide bonds. The van der Waals surface area contributed by atoms with Crippen LogP contribution < -0.4 is 10.1 Å². The van der Waals surface area contributed by atoms with E-state index in [1.807, 2.05) is 56.5 Å². The molecule has 0 fully saturated rings. The second kappa shape index (κ2) is 7.15. The number of carbonyl (C=O) groups excluding carboxylic acids is 1. The zero-order valence-electron chi connectivity index (χ0n) is 15.9. The molecule has 0 aliphatic heterocycles. The fraction of sp³-hybridized carbons (Fsp3) is 0.350. The summed E-state index contributed by atoms with van der Waals surface area (Å²) in [6.45, 7) is 7.91. The Labute approximate surface area is 153 Å². The van der Waals surface area contributed by atoms with Gasteiger partial charge in [-0.2, -0.15) is 5.10 Å². The molecule has 0 aliphatic carbocycles. The minimum Gasteiger partial charge on any atom is -0.496 e. The van der Waals surface area contributed by atoms with E-state index < -0.39 is 0 Å². The fourth-order valence-corrected chi connectivity index (χ4v) is 3.22. The SMILES string of the molecule is COc1ccc(NC(=O)CCc2c(C)nc3cc(C)nn3c2C)cc1C. The van der Waals surface area contributed by atoms with E-state index in [0.29, 0.717) is 12.8 Å². The van der Waals surface area contributed by atoms with Crippen molar-refractivity contribution in [1.82, 2.24) is 14.6 Å². The van der Waals surface area contributed by atoms with E-state index in [2.05, 4.69) is 15.4 Å². The van der Waals surface area contributed by atoms with Gasteiger partial charge in [-0.05, 0) is 63.4 Å². The van der Waals surface area contributed by atoms with Gasteiger partial charge in [-0.1, -0.05) is 0 Å². The summed E-state index contributed by atoms with van der Waals surface area (Å²) in [7, 11) is 1.64. The average molecular weight is 352 g/mol. The van der Waals surface area contributed by atoms with Gasteiger partial charge in [0.25, 0.3) is 0 Å². The van der Waals surface area contributed by atoms with Gasteiger partial charge in [0, 0.05) is 29.6 Å². The van der Waals surface area contributed by atoms with Crippen molar-refractivity contribution >= 4 is 17.2 Å². The van der Waals surface area contributed by atoms with E-state index in [0.717, 1.165) is 45.3 Å². The average Bonchev–Trinajstić information content (AvgIpc) is 2.95. The number of rotatable bonds is 5. The number of hydrogen-bond acceptors (Lipinski definition) is 4. The van der Waals surface area contributed by atoms with Gasteiger partial charge >= 0.3 is 0 Å². The number of methoxy groups -OCH3 is 1. The Bertz CT molecular complexity index is 976. The van der Waals surface area contributed by atoms with E-state index in [4.69, 9.17) is 4.74 Å². The monoisotopic (exact) mass is 352 g/mol. The molecule has 0 bridgehead atoms. The molecule has 0 saturated carbocycles. The fourth-order valence-electron chi connectivity index (χ4n) is 3.22. The normalized spacial score (nSPS) is 11.0. The zero-order valence-corrected chi connectivity index (χ0v) is 15.9. The highest BCUT2D eigenvalue weighted by Gasteiger charge is 2.13. The molecule has 6 heteroatoms. The second-order valence-corrected chi connectivity index (χ2v) is 6.55. The third kappa shape index (κ3) is 3.54. The molecule has 1 aromatic carbocycles. The summed E-state index contributed by atoms with van der Waals surface area (Å²) in [6, 6.07) is 7.58. The summed E-state index contributed by atoms with van der Waals surface area (Å²) in [4.78, 5) is 17.0. The van der Waals surface area contributed by atoms with Gasteiger partial charge in [-0.3, -0.25) is 4.79 Å². The molecular weight excluding hydrogens is 328 g/mol. The Morgan fingerprint density at radius 1 is 1.19 bits per heavy atom. The molecule has 136 valence electrons. The molecule has 0 saturated heterocycles. The Hall–Kier alpha value is -2.89. The number of benzene rings is 1. The molecule has 0 unspecified atom stereocenters. The number of anilines is 1. The first-order valence-corrected chi connectivity index (χ1v) is 8.66. The molecule has 3 rings (SSSR count). The minimum atomic E-state index is -0.0230. The van der Waals surface area contributed by atoms with Crippen molar-refractivity contribution in [3.63, 3.8) is 0 Å². The predicted molar refractivity (Wildman–Crippen MR) is 102 cm³/mol. The largest absolute Gasteiger partial charge is 0.496 e. The molecule has 1 N–H and O–H groups in total. The highest BCUT2D eigenvalue weighted by atomic mass is 16.5. The van der Waals surface area contributed by atoms with Crippen LogP contribution in [0.4, 0.5) is 5.69 Å². The van der Waals surface area contributed by atoms with E-state index in [-0.39, 0.29) is 5.91 Å². The third-order valence-corrected chi connectivity index (χ3v) is 4.57. The summed E-state index contributed by atoms with van der Waals surface area (Å²) in [6.07, 6.45) is 1.01. The zero-order chi connectivity index (χ0) is 18.8. The predicted octanol–water partition coefficient (Wildman–Crippen LogP) is 3.54. The first-order valence-electron chi connectivity index (χ1n) is 8.66. The Morgan fingerprint density at radius 3 is 2.65 bits per heavy atom. The Kier molecular flexibility index (Phi) is 4.93. The van der Waals surface area contributed by atoms with E-state index in [9.17, 15) is 4.79 Å². The Balaban J connectivity index is 1.71. The molecule has 0 atom stereocenters. The van der Waals surface area contributed by atoms with Crippen molar-refractivity contribution in [2.75, 3.05) is 12.4 Å². The lowest BCUT2D eigenvalue weighted by Gasteiger charge is -2.12. The van der Waals surface area contributed by atoms with Gasteiger partial charge in [0.1, 0.15) is 5.75 Å². The number of aromatic nitrogens is 3. The first-order chi connectivity index (χ1) is 12.4. The Morgan fingerprint density at radius 2 is 1.96 bits per heavy atom. The van der Waals surface area contributed by atoms with E-state index in [1.165, 1.54) is 0 Å². The smallest absolute Gasteiger partial charge is 0.224 e. The van der Waals surface area contributed by atoms with Crippen LogP contribution in [-0.2, 0) is 11.2 Å². The number of nitrogens with zero attached hydrogens (tertiary/aromatic N) is 3. The molecule has 0 aliphatic rings. The van der Waals surface area contributed by atoms with Gasteiger partial charge in [0.2, 0.25) is 5.91 Å². The number of nitrogens with one attached hydrogen (secondary N) is 1.